The molecule has 2 rings (SSSR count). The molecule has 0 spiro atoms. The number of Topliss-reactive ketones (excluding diaryl/α,β-unsaturated/α-hetero) is 1. The second kappa shape index (κ2) is 4.96. The monoisotopic (exact) mass is 272 g/mol. The number of carbonyl (C=O) groups is 1. The number of benzene rings is 1. The first-order valence-corrected chi connectivity index (χ1v) is 6.19. The van der Waals surface area contributed by atoms with Gasteiger partial charge in [0.2, 0.25) is 0 Å². The Morgan fingerprint density at radius 3 is 2.32 bits per heavy atom. The highest BCUT2D eigenvalue weighted by atomic mass is 19.4. The number of carbonyl (C=O) groups excluding carboxylic acids is 1. The van der Waals surface area contributed by atoms with Crippen molar-refractivity contribution in [3.8, 4) is 0 Å². The molecule has 2 nitrogen and oxygen atoms in total. The number of alkyl halides is 3. The van der Waals surface area contributed by atoms with Crippen LogP contribution >= 0.6 is 0 Å². The van der Waals surface area contributed by atoms with Gasteiger partial charge in [-0.2, -0.15) is 13.2 Å². The lowest BCUT2D eigenvalue weighted by Crippen LogP contribution is -2.41. The lowest BCUT2D eigenvalue weighted by molar-refractivity contribution is -0.137. The molecule has 1 aromatic rings. The third-order valence-corrected chi connectivity index (χ3v) is 3.42. The molecule has 0 amide bonds. The Bertz CT molecular complexity index is 457. The number of halogens is 3. The minimum Gasteiger partial charge on any atom is -0.367 e. The van der Waals surface area contributed by atoms with Gasteiger partial charge in [-0.15, -0.1) is 0 Å². The maximum absolute atomic E-state index is 12.4. The van der Waals surface area contributed by atoms with Crippen molar-refractivity contribution in [1.82, 2.24) is 0 Å². The lowest BCUT2D eigenvalue weighted by atomic mass is 9.87. The van der Waals surface area contributed by atoms with E-state index in [9.17, 15) is 18.0 Å². The fraction of sp³-hybridized carbons (Fsp3) is 0.500. The number of hydrogen-bond acceptors (Lipinski definition) is 2. The van der Waals surface area contributed by atoms with Gasteiger partial charge in [-0.25, -0.2) is 0 Å². The minimum atomic E-state index is -4.38. The van der Waals surface area contributed by atoms with E-state index in [1.807, 2.05) is 0 Å². The number of ketones is 1. The largest absolute Gasteiger partial charge is 0.416 e. The minimum absolute atomic E-state index is 0.249. The quantitative estimate of drug-likeness (QED) is 0.764. The van der Waals surface area contributed by atoms with Gasteiger partial charge in [0.1, 0.15) is 5.60 Å². The molecular weight excluding hydrogens is 257 g/mol. The molecule has 1 heterocycles. The van der Waals surface area contributed by atoms with E-state index in [4.69, 9.17) is 4.74 Å². The van der Waals surface area contributed by atoms with E-state index in [1.54, 1.807) is 6.92 Å². The van der Waals surface area contributed by atoms with E-state index >= 15 is 0 Å². The van der Waals surface area contributed by atoms with E-state index < -0.39 is 17.3 Å². The summed E-state index contributed by atoms with van der Waals surface area (Å²) in [5.74, 6) is -0.249. The molecule has 1 fully saturated rings. The maximum Gasteiger partial charge on any atom is 0.416 e. The number of ether oxygens (including phenoxy) is 1. The Kier molecular flexibility index (Phi) is 3.67. The Balaban J connectivity index is 2.20. The summed E-state index contributed by atoms with van der Waals surface area (Å²) in [5, 5.41) is 0. The van der Waals surface area contributed by atoms with Crippen molar-refractivity contribution < 1.29 is 22.7 Å². The molecule has 1 unspecified atom stereocenters. The van der Waals surface area contributed by atoms with Gasteiger partial charge in [0, 0.05) is 12.2 Å². The van der Waals surface area contributed by atoms with Crippen molar-refractivity contribution in [3.63, 3.8) is 0 Å². The van der Waals surface area contributed by atoms with Crippen LogP contribution < -0.4 is 0 Å². The van der Waals surface area contributed by atoms with Crippen LogP contribution in [0.2, 0.25) is 0 Å². The first-order chi connectivity index (χ1) is 8.83. The van der Waals surface area contributed by atoms with Gasteiger partial charge in [0.25, 0.3) is 0 Å². The van der Waals surface area contributed by atoms with Gasteiger partial charge in [-0.1, -0.05) is 12.1 Å². The summed E-state index contributed by atoms with van der Waals surface area (Å²) in [6.07, 6.45) is -1.97. The van der Waals surface area contributed by atoms with Crippen molar-refractivity contribution in [3.05, 3.63) is 35.4 Å². The standard InChI is InChI=1S/C14H15F3O2/c1-13(8-2-3-9-19-13)12(18)10-4-6-11(7-5-10)14(15,16)17/h4-7H,2-3,8-9H2,1H3. The van der Waals surface area contributed by atoms with Crippen molar-refractivity contribution in [1.29, 1.82) is 0 Å². The van der Waals surface area contributed by atoms with Crippen LogP contribution in [0.1, 0.15) is 42.1 Å². The lowest BCUT2D eigenvalue weighted by Gasteiger charge is -2.32. The van der Waals surface area contributed by atoms with Crippen LogP contribution in [-0.2, 0) is 10.9 Å². The molecule has 0 aliphatic carbocycles. The topological polar surface area (TPSA) is 26.3 Å². The van der Waals surface area contributed by atoms with Crippen LogP contribution in [0.3, 0.4) is 0 Å². The molecule has 0 radical (unpaired) electrons. The van der Waals surface area contributed by atoms with Crippen LogP contribution in [-0.4, -0.2) is 18.0 Å². The van der Waals surface area contributed by atoms with Crippen LogP contribution in [0.15, 0.2) is 24.3 Å². The molecule has 5 heteroatoms. The molecule has 1 atom stereocenters. The van der Waals surface area contributed by atoms with E-state index in [-0.39, 0.29) is 11.3 Å². The van der Waals surface area contributed by atoms with Crippen molar-refractivity contribution in [2.45, 2.75) is 38.0 Å². The highest BCUT2D eigenvalue weighted by Crippen LogP contribution is 2.31. The fourth-order valence-electron chi connectivity index (χ4n) is 2.23. The summed E-state index contributed by atoms with van der Waals surface area (Å²) in [7, 11) is 0. The Hall–Kier alpha value is -1.36. The molecule has 0 aromatic heterocycles. The van der Waals surface area contributed by atoms with E-state index in [0.29, 0.717) is 13.0 Å². The van der Waals surface area contributed by atoms with Crippen LogP contribution in [0.5, 0.6) is 0 Å². The van der Waals surface area contributed by atoms with Gasteiger partial charge in [0.05, 0.1) is 5.56 Å². The second-order valence-corrected chi connectivity index (χ2v) is 4.94. The van der Waals surface area contributed by atoms with E-state index in [2.05, 4.69) is 0 Å². The second-order valence-electron chi connectivity index (χ2n) is 4.94. The van der Waals surface area contributed by atoms with Crippen molar-refractivity contribution in [2.24, 2.45) is 0 Å². The van der Waals surface area contributed by atoms with Crippen LogP contribution in [0.25, 0.3) is 0 Å². The van der Waals surface area contributed by atoms with E-state index in [0.717, 1.165) is 25.0 Å². The molecule has 0 saturated carbocycles. The van der Waals surface area contributed by atoms with Crippen molar-refractivity contribution >= 4 is 5.78 Å². The van der Waals surface area contributed by atoms with Gasteiger partial charge in [-0.05, 0) is 38.3 Å². The fourth-order valence-corrected chi connectivity index (χ4v) is 2.23. The predicted molar refractivity (Wildman–Crippen MR) is 64.0 cm³/mol. The average molecular weight is 272 g/mol. The summed E-state index contributed by atoms with van der Waals surface area (Å²) in [5.41, 5.74) is -1.39. The first kappa shape index (κ1) is 14.1. The first-order valence-electron chi connectivity index (χ1n) is 6.19. The summed E-state index contributed by atoms with van der Waals surface area (Å²) in [6, 6.07) is 4.29. The van der Waals surface area contributed by atoms with Crippen LogP contribution in [0, 0.1) is 0 Å². The normalized spacial score (nSPS) is 24.2. The van der Waals surface area contributed by atoms with Crippen molar-refractivity contribution in [2.75, 3.05) is 6.61 Å². The predicted octanol–water partition coefficient (Wildman–Crippen LogP) is 3.85. The molecule has 1 saturated heterocycles. The third kappa shape index (κ3) is 2.97. The molecule has 104 valence electrons. The molecule has 1 aliphatic rings. The zero-order chi connectivity index (χ0) is 14.1. The van der Waals surface area contributed by atoms with Crippen LogP contribution in [0.4, 0.5) is 13.2 Å². The Morgan fingerprint density at radius 2 is 1.84 bits per heavy atom. The summed E-state index contributed by atoms with van der Waals surface area (Å²) < 4.78 is 42.8. The highest BCUT2D eigenvalue weighted by molar-refractivity contribution is 6.02. The molecule has 1 aliphatic heterocycles. The van der Waals surface area contributed by atoms with E-state index in [1.165, 1.54) is 12.1 Å². The zero-order valence-corrected chi connectivity index (χ0v) is 10.6. The van der Waals surface area contributed by atoms with Gasteiger partial charge in [-0.3, -0.25) is 4.79 Å². The Morgan fingerprint density at radius 1 is 1.21 bits per heavy atom. The van der Waals surface area contributed by atoms with Gasteiger partial charge in [0.15, 0.2) is 5.78 Å². The highest BCUT2D eigenvalue weighted by Gasteiger charge is 2.37. The third-order valence-electron chi connectivity index (χ3n) is 3.42. The molecule has 1 aromatic carbocycles. The smallest absolute Gasteiger partial charge is 0.367 e. The number of hydrogen-bond donors (Lipinski definition) is 0. The van der Waals surface area contributed by atoms with Gasteiger partial charge >= 0.3 is 6.18 Å². The molecule has 0 bridgehead atoms. The zero-order valence-electron chi connectivity index (χ0n) is 10.6. The summed E-state index contributed by atoms with van der Waals surface area (Å²) in [4.78, 5) is 12.3. The number of rotatable bonds is 2. The summed E-state index contributed by atoms with van der Waals surface area (Å²) >= 11 is 0. The molecule has 19 heavy (non-hydrogen) atoms. The maximum atomic E-state index is 12.4. The summed E-state index contributed by atoms with van der Waals surface area (Å²) in [6.45, 7) is 2.22. The molecular formula is C14H15F3O2. The molecule has 0 N–H and O–H groups in total. The SMILES string of the molecule is CC1(C(=O)c2ccc(C(F)(F)F)cc2)CCCCO1. The average Bonchev–Trinajstić information content (AvgIpc) is 2.38. The Labute approximate surface area is 109 Å². The van der Waals surface area contributed by atoms with Gasteiger partial charge < -0.3 is 4.74 Å².